The Kier molecular flexibility index (Phi) is 5.51. The molecule has 170 valence electrons. The summed E-state index contributed by atoms with van der Waals surface area (Å²) in [6.45, 7) is 6.44. The van der Waals surface area contributed by atoms with Crippen molar-refractivity contribution in [3.05, 3.63) is 51.7 Å². The van der Waals surface area contributed by atoms with Gasteiger partial charge in [-0.15, -0.1) is 0 Å². The average Bonchev–Trinajstić information content (AvgIpc) is 3.36. The van der Waals surface area contributed by atoms with Crippen molar-refractivity contribution in [2.45, 2.75) is 52.3 Å². The zero-order chi connectivity index (χ0) is 22.4. The van der Waals surface area contributed by atoms with Crippen LogP contribution in [0.1, 0.15) is 44.7 Å². The number of hydrogen-bond donors (Lipinski definition) is 1. The Balaban J connectivity index is 1.31. The molecular formula is C24H28FN3O4. The van der Waals surface area contributed by atoms with Crippen molar-refractivity contribution < 1.29 is 23.8 Å². The van der Waals surface area contributed by atoms with Gasteiger partial charge in [-0.25, -0.2) is 9.37 Å². The second-order valence-corrected chi connectivity index (χ2v) is 8.79. The number of amides is 1. The van der Waals surface area contributed by atoms with E-state index in [1.54, 1.807) is 4.90 Å². The minimum Gasteiger partial charge on any atom is -0.487 e. The lowest BCUT2D eigenvalue weighted by molar-refractivity contribution is 0.0744. The number of carbonyl (C=O) groups excluding carboxylic acids is 1. The van der Waals surface area contributed by atoms with Gasteiger partial charge in [0, 0.05) is 19.5 Å². The van der Waals surface area contributed by atoms with E-state index in [1.165, 1.54) is 0 Å². The molecule has 1 amide bonds. The molecule has 0 saturated carbocycles. The summed E-state index contributed by atoms with van der Waals surface area (Å²) in [6, 6.07) is 5.82. The average molecular weight is 442 g/mol. The maximum Gasteiger partial charge on any atom is 0.256 e. The number of halogens is 1. The zero-order valence-electron chi connectivity index (χ0n) is 18.4. The summed E-state index contributed by atoms with van der Waals surface area (Å²) in [5, 5.41) is 9.23. The number of nitrogens with zero attached hydrogens (tertiary/aromatic N) is 3. The molecule has 0 bridgehead atoms. The number of rotatable bonds is 5. The van der Waals surface area contributed by atoms with Crippen LogP contribution in [0.15, 0.2) is 18.2 Å². The summed E-state index contributed by atoms with van der Waals surface area (Å²) in [6.07, 6.45) is -1.12. The van der Waals surface area contributed by atoms with Crippen LogP contribution in [0.4, 0.5) is 10.2 Å². The smallest absolute Gasteiger partial charge is 0.256 e. The first-order chi connectivity index (χ1) is 15.5. The van der Waals surface area contributed by atoms with E-state index in [0.717, 1.165) is 28.1 Å². The van der Waals surface area contributed by atoms with Gasteiger partial charge in [0.15, 0.2) is 6.17 Å². The molecule has 1 unspecified atom stereocenters. The molecule has 32 heavy (non-hydrogen) atoms. The normalized spacial score (nSPS) is 22.3. The number of aliphatic hydroxyl groups is 1. The highest BCUT2D eigenvalue weighted by Crippen LogP contribution is 2.34. The molecule has 1 aromatic carbocycles. The van der Waals surface area contributed by atoms with Gasteiger partial charge in [0.05, 0.1) is 44.2 Å². The zero-order valence-corrected chi connectivity index (χ0v) is 18.4. The molecule has 4 heterocycles. The van der Waals surface area contributed by atoms with Crippen molar-refractivity contribution in [2.75, 3.05) is 31.1 Å². The number of β-amino-alcohol motifs (C(OH)–C–C–N with tert-alkyl or cyclic N) is 1. The van der Waals surface area contributed by atoms with Crippen LogP contribution >= 0.6 is 0 Å². The third-order valence-corrected chi connectivity index (χ3v) is 6.78. The van der Waals surface area contributed by atoms with Crippen LogP contribution < -0.4 is 9.64 Å². The quantitative estimate of drug-likeness (QED) is 0.769. The molecule has 0 radical (unpaired) electrons. The highest BCUT2D eigenvalue weighted by Gasteiger charge is 2.36. The number of ether oxygens (including phenoxy) is 2. The SMILES string of the molecule is Cc1c(N2CCC(Oc3ccc4c(c3)COC4)[C@@H](F)C2)nc2c(c1C)C(=O)N(CCO)C2. The molecule has 3 aliphatic rings. The highest BCUT2D eigenvalue weighted by atomic mass is 19.1. The van der Waals surface area contributed by atoms with Crippen LogP contribution in [-0.4, -0.2) is 59.4 Å². The Hall–Kier alpha value is -2.71. The first-order valence-electron chi connectivity index (χ1n) is 11.1. The minimum absolute atomic E-state index is 0.0844. The minimum atomic E-state index is -1.16. The van der Waals surface area contributed by atoms with Gasteiger partial charge in [-0.1, -0.05) is 6.07 Å². The first-order valence-corrected chi connectivity index (χ1v) is 11.1. The van der Waals surface area contributed by atoms with Crippen molar-refractivity contribution in [3.8, 4) is 5.75 Å². The number of anilines is 1. The molecule has 5 rings (SSSR count). The molecule has 3 aliphatic heterocycles. The van der Waals surface area contributed by atoms with Gasteiger partial charge >= 0.3 is 0 Å². The first kappa shape index (κ1) is 21.2. The lowest BCUT2D eigenvalue weighted by atomic mass is 10.0. The van der Waals surface area contributed by atoms with Crippen molar-refractivity contribution in [2.24, 2.45) is 0 Å². The Labute approximate surface area is 186 Å². The largest absolute Gasteiger partial charge is 0.487 e. The molecule has 0 aliphatic carbocycles. The van der Waals surface area contributed by atoms with Gasteiger partial charge in [-0.2, -0.15) is 0 Å². The van der Waals surface area contributed by atoms with Crippen LogP contribution in [0.2, 0.25) is 0 Å². The van der Waals surface area contributed by atoms with Gasteiger partial charge in [0.1, 0.15) is 17.7 Å². The van der Waals surface area contributed by atoms with E-state index in [4.69, 9.17) is 14.5 Å². The fourth-order valence-corrected chi connectivity index (χ4v) is 4.86. The van der Waals surface area contributed by atoms with E-state index in [2.05, 4.69) is 0 Å². The number of benzene rings is 1. The summed E-state index contributed by atoms with van der Waals surface area (Å²) in [7, 11) is 0. The Morgan fingerprint density at radius 1 is 1.25 bits per heavy atom. The summed E-state index contributed by atoms with van der Waals surface area (Å²) in [5.74, 6) is 1.32. The van der Waals surface area contributed by atoms with Crippen LogP contribution in [-0.2, 0) is 24.5 Å². The molecule has 2 atom stereocenters. The number of alkyl halides is 1. The lowest BCUT2D eigenvalue weighted by Gasteiger charge is -2.36. The van der Waals surface area contributed by atoms with Crippen molar-refractivity contribution in [1.29, 1.82) is 0 Å². The van der Waals surface area contributed by atoms with Crippen LogP contribution in [0.5, 0.6) is 5.75 Å². The molecule has 1 saturated heterocycles. The summed E-state index contributed by atoms with van der Waals surface area (Å²) >= 11 is 0. The van der Waals surface area contributed by atoms with Crippen LogP contribution in [0.25, 0.3) is 0 Å². The summed E-state index contributed by atoms with van der Waals surface area (Å²) in [4.78, 5) is 21.0. The summed E-state index contributed by atoms with van der Waals surface area (Å²) < 4.78 is 26.6. The van der Waals surface area contributed by atoms with Gasteiger partial charge in [-0.3, -0.25) is 4.79 Å². The monoisotopic (exact) mass is 441 g/mol. The molecule has 1 N–H and O–H groups in total. The van der Waals surface area contributed by atoms with Gasteiger partial charge in [0.2, 0.25) is 0 Å². The third-order valence-electron chi connectivity index (χ3n) is 6.78. The fourth-order valence-electron chi connectivity index (χ4n) is 4.86. The Bertz CT molecular complexity index is 1060. The van der Waals surface area contributed by atoms with E-state index < -0.39 is 12.3 Å². The van der Waals surface area contributed by atoms with E-state index >= 15 is 4.39 Å². The number of aliphatic hydroxyl groups excluding tert-OH is 1. The number of pyridine rings is 1. The fraction of sp³-hybridized carbons (Fsp3) is 0.500. The van der Waals surface area contributed by atoms with Crippen LogP contribution in [0.3, 0.4) is 0 Å². The van der Waals surface area contributed by atoms with Gasteiger partial charge in [-0.05, 0) is 48.2 Å². The Morgan fingerprint density at radius 2 is 2.06 bits per heavy atom. The maximum atomic E-state index is 15.2. The topological polar surface area (TPSA) is 75.1 Å². The lowest BCUT2D eigenvalue weighted by Crippen LogP contribution is -2.47. The van der Waals surface area contributed by atoms with Crippen LogP contribution in [0, 0.1) is 13.8 Å². The van der Waals surface area contributed by atoms with Crippen molar-refractivity contribution in [1.82, 2.24) is 9.88 Å². The molecule has 1 fully saturated rings. The van der Waals surface area contributed by atoms with Crippen molar-refractivity contribution >= 4 is 11.7 Å². The molecular weight excluding hydrogens is 413 g/mol. The molecule has 0 spiro atoms. The highest BCUT2D eigenvalue weighted by molar-refractivity contribution is 6.00. The predicted octanol–water partition coefficient (Wildman–Crippen LogP) is 2.67. The van der Waals surface area contributed by atoms with E-state index in [-0.39, 0.29) is 25.6 Å². The van der Waals surface area contributed by atoms with E-state index in [1.807, 2.05) is 36.9 Å². The number of fused-ring (bicyclic) bond motifs is 2. The molecule has 7 nitrogen and oxygen atoms in total. The second-order valence-electron chi connectivity index (χ2n) is 8.79. The number of carbonyl (C=O) groups is 1. The second kappa shape index (κ2) is 8.33. The Morgan fingerprint density at radius 3 is 2.84 bits per heavy atom. The van der Waals surface area contributed by atoms with Crippen molar-refractivity contribution in [3.63, 3.8) is 0 Å². The van der Waals surface area contributed by atoms with E-state index in [9.17, 15) is 9.90 Å². The maximum absolute atomic E-state index is 15.2. The number of aromatic nitrogens is 1. The third kappa shape index (κ3) is 3.61. The van der Waals surface area contributed by atoms with Gasteiger partial charge in [0.25, 0.3) is 5.91 Å². The summed E-state index contributed by atoms with van der Waals surface area (Å²) in [5.41, 5.74) is 5.37. The standard InChI is InChI=1S/C24H28FN3O4/c1-14-15(2)23(26-20-11-28(7-8-29)24(30)22(14)20)27-6-5-21(19(25)10-27)32-18-4-3-16-12-31-13-17(16)9-18/h3-4,9,19,21,29H,5-8,10-13H2,1-2H3/t19-,21?/m0/s1. The van der Waals surface area contributed by atoms with E-state index in [0.29, 0.717) is 49.7 Å². The number of hydrogen-bond acceptors (Lipinski definition) is 6. The molecule has 1 aromatic heterocycles. The molecule has 8 heteroatoms. The predicted molar refractivity (Wildman–Crippen MR) is 117 cm³/mol. The number of piperidine rings is 1. The molecule has 2 aromatic rings. The van der Waals surface area contributed by atoms with Gasteiger partial charge < -0.3 is 24.4 Å².